The maximum Gasteiger partial charge on any atom is 0.341 e. The van der Waals surface area contributed by atoms with Gasteiger partial charge >= 0.3 is 5.97 Å². The van der Waals surface area contributed by atoms with Crippen LogP contribution < -0.4 is 26.9 Å². The fraction of sp³-hybridized carbons (Fsp3) is 0.593. The first kappa shape index (κ1) is 26.3. The molecule has 4 heterocycles. The molecule has 1 aromatic carbocycles. The largest absolute Gasteiger partial charge is 0.507 e. The molecule has 2 fully saturated rings. The van der Waals surface area contributed by atoms with Crippen LogP contribution in [0.4, 0.5) is 0 Å². The predicted molar refractivity (Wildman–Crippen MR) is 140 cm³/mol. The zero-order valence-electron chi connectivity index (χ0n) is 22.0. The van der Waals surface area contributed by atoms with E-state index < -0.39 is 23.3 Å². The smallest absolute Gasteiger partial charge is 0.341 e. The van der Waals surface area contributed by atoms with Gasteiger partial charge in [0, 0.05) is 36.6 Å². The van der Waals surface area contributed by atoms with Crippen LogP contribution in [0.1, 0.15) is 50.9 Å². The molecule has 0 bridgehead atoms. The number of aromatic hydroxyl groups is 1. The third kappa shape index (κ3) is 4.69. The first-order chi connectivity index (χ1) is 18.0. The van der Waals surface area contributed by atoms with Crippen molar-refractivity contribution in [2.24, 2.45) is 22.4 Å². The SMILES string of the molecule is Cc1cc(=O)c2c(O)c3c(cc2o1)O[C@@](C)(C1CCNCC1)[C@H](OC(=O)[C@@]1(C)O[C@@H]1CCCN=C(N)N)C3. The number of ether oxygens (including phenoxy) is 3. The van der Waals surface area contributed by atoms with Crippen molar-refractivity contribution in [2.75, 3.05) is 19.6 Å². The summed E-state index contributed by atoms with van der Waals surface area (Å²) in [7, 11) is 0. The first-order valence-electron chi connectivity index (χ1n) is 13.2. The Hall–Kier alpha value is -3.31. The lowest BCUT2D eigenvalue weighted by atomic mass is 9.75. The van der Waals surface area contributed by atoms with E-state index in [0.29, 0.717) is 36.5 Å². The average molecular weight is 529 g/mol. The second-order valence-corrected chi connectivity index (χ2v) is 10.9. The van der Waals surface area contributed by atoms with Crippen molar-refractivity contribution in [3.05, 3.63) is 33.7 Å². The summed E-state index contributed by atoms with van der Waals surface area (Å²) < 4.78 is 24.2. The van der Waals surface area contributed by atoms with Crippen LogP contribution in [0.3, 0.4) is 0 Å². The molecule has 1 aromatic heterocycles. The summed E-state index contributed by atoms with van der Waals surface area (Å²) in [6.07, 6.45) is 2.16. The number of esters is 1. The molecule has 5 rings (SSSR count). The number of rotatable bonds is 7. The molecule has 0 aliphatic carbocycles. The predicted octanol–water partition coefficient (Wildman–Crippen LogP) is 1.62. The first-order valence-corrected chi connectivity index (χ1v) is 13.2. The summed E-state index contributed by atoms with van der Waals surface area (Å²) in [6.45, 7) is 7.47. The number of fused-ring (bicyclic) bond motifs is 2. The monoisotopic (exact) mass is 528 g/mol. The molecule has 0 amide bonds. The van der Waals surface area contributed by atoms with Gasteiger partial charge in [0.25, 0.3) is 0 Å². The van der Waals surface area contributed by atoms with Crippen LogP contribution in [0.2, 0.25) is 0 Å². The van der Waals surface area contributed by atoms with Crippen molar-refractivity contribution >= 4 is 22.9 Å². The molecule has 0 saturated carbocycles. The fourth-order valence-electron chi connectivity index (χ4n) is 5.83. The van der Waals surface area contributed by atoms with E-state index in [-0.39, 0.29) is 46.5 Å². The average Bonchev–Trinajstić information content (AvgIpc) is 3.54. The Morgan fingerprint density at radius 1 is 1.26 bits per heavy atom. The summed E-state index contributed by atoms with van der Waals surface area (Å²) >= 11 is 0. The van der Waals surface area contributed by atoms with Gasteiger partial charge in [-0.05, 0) is 59.5 Å². The molecular formula is C27H36N4O7. The van der Waals surface area contributed by atoms with Gasteiger partial charge in [0.05, 0.1) is 6.10 Å². The zero-order chi connectivity index (χ0) is 27.2. The summed E-state index contributed by atoms with van der Waals surface area (Å²) in [5.41, 5.74) is 9.16. The number of guanidine groups is 1. The molecule has 2 aromatic rings. The van der Waals surface area contributed by atoms with Crippen molar-refractivity contribution in [3.63, 3.8) is 0 Å². The molecule has 6 N–H and O–H groups in total. The van der Waals surface area contributed by atoms with Gasteiger partial charge in [0.2, 0.25) is 0 Å². The number of nitrogens with one attached hydrogen (secondary N) is 1. The van der Waals surface area contributed by atoms with Crippen LogP contribution in [0, 0.1) is 12.8 Å². The molecule has 3 aliphatic rings. The van der Waals surface area contributed by atoms with E-state index in [0.717, 1.165) is 25.9 Å². The summed E-state index contributed by atoms with van der Waals surface area (Å²) in [4.78, 5) is 30.0. The van der Waals surface area contributed by atoms with Gasteiger partial charge in [-0.3, -0.25) is 9.79 Å². The Labute approximate surface area is 220 Å². The maximum atomic E-state index is 13.4. The molecule has 0 radical (unpaired) electrons. The molecule has 38 heavy (non-hydrogen) atoms. The highest BCUT2D eigenvalue weighted by Gasteiger charge is 2.61. The molecule has 2 saturated heterocycles. The number of hydrogen-bond donors (Lipinski definition) is 4. The summed E-state index contributed by atoms with van der Waals surface area (Å²) in [5, 5.41) is 14.6. The lowest BCUT2D eigenvalue weighted by molar-refractivity contribution is -0.175. The van der Waals surface area contributed by atoms with Crippen LogP contribution in [-0.2, 0) is 20.7 Å². The Morgan fingerprint density at radius 2 is 2.00 bits per heavy atom. The molecule has 0 unspecified atom stereocenters. The number of piperidine rings is 1. The van der Waals surface area contributed by atoms with Gasteiger partial charge in [-0.25, -0.2) is 4.79 Å². The fourth-order valence-corrected chi connectivity index (χ4v) is 5.83. The molecule has 11 heteroatoms. The number of nitrogens with two attached hydrogens (primary N) is 2. The summed E-state index contributed by atoms with van der Waals surface area (Å²) in [5.74, 6) is 0.325. The second kappa shape index (κ2) is 9.77. The molecule has 4 atom stereocenters. The summed E-state index contributed by atoms with van der Waals surface area (Å²) in [6, 6.07) is 3.00. The van der Waals surface area contributed by atoms with E-state index in [1.165, 1.54) is 6.07 Å². The number of benzene rings is 1. The van der Waals surface area contributed by atoms with Gasteiger partial charge in [0.1, 0.15) is 39.9 Å². The van der Waals surface area contributed by atoms with E-state index in [1.807, 2.05) is 6.92 Å². The highest BCUT2D eigenvalue weighted by molar-refractivity contribution is 5.87. The minimum Gasteiger partial charge on any atom is -0.507 e. The van der Waals surface area contributed by atoms with Crippen molar-refractivity contribution in [3.8, 4) is 11.5 Å². The van der Waals surface area contributed by atoms with Gasteiger partial charge < -0.3 is 40.5 Å². The van der Waals surface area contributed by atoms with Crippen LogP contribution in [0.25, 0.3) is 11.0 Å². The standard InChI is InChI=1S/C27H36N4O7/c1-14-11-17(32)22-19(35-14)13-18-16(23(22)33)12-21(26(2,37-18)15-6-9-30-10-7-15)36-24(34)27(3)20(38-27)5-4-8-31-25(28)29/h11,13,15,20-21,30,33H,4-10,12H2,1-3H3,(H4,28,29,31)/t20-,21-,26+,27+/m1/s1. The van der Waals surface area contributed by atoms with Crippen molar-refractivity contribution < 1.29 is 28.5 Å². The third-order valence-corrected chi connectivity index (χ3v) is 8.21. The Kier molecular flexibility index (Phi) is 6.77. The number of nitrogens with zero attached hydrogens (tertiary/aromatic N) is 1. The Balaban J connectivity index is 1.43. The minimum absolute atomic E-state index is 0.0302. The molecule has 0 spiro atoms. The van der Waals surface area contributed by atoms with Crippen molar-refractivity contribution in [1.82, 2.24) is 5.32 Å². The van der Waals surface area contributed by atoms with Gasteiger partial charge in [-0.2, -0.15) is 0 Å². The van der Waals surface area contributed by atoms with Crippen molar-refractivity contribution in [1.29, 1.82) is 0 Å². The quantitative estimate of drug-likeness (QED) is 0.136. The number of aliphatic imine (C=N–C) groups is 1. The molecule has 3 aliphatic heterocycles. The molecule has 206 valence electrons. The number of hydrogen-bond acceptors (Lipinski definition) is 9. The van der Waals surface area contributed by atoms with E-state index >= 15 is 0 Å². The van der Waals surface area contributed by atoms with Gasteiger partial charge in [0.15, 0.2) is 17.0 Å². The zero-order valence-corrected chi connectivity index (χ0v) is 22.0. The minimum atomic E-state index is -1.07. The highest BCUT2D eigenvalue weighted by atomic mass is 16.7. The van der Waals surface area contributed by atoms with Crippen LogP contribution in [0.15, 0.2) is 26.3 Å². The number of aryl methyl sites for hydroxylation is 1. The number of epoxide rings is 1. The van der Waals surface area contributed by atoms with Crippen LogP contribution in [-0.4, -0.2) is 60.1 Å². The van der Waals surface area contributed by atoms with Gasteiger partial charge in [-0.1, -0.05) is 0 Å². The van der Waals surface area contributed by atoms with Crippen LogP contribution in [0.5, 0.6) is 11.5 Å². The van der Waals surface area contributed by atoms with Crippen molar-refractivity contribution in [2.45, 2.75) is 76.3 Å². The van der Waals surface area contributed by atoms with E-state index in [9.17, 15) is 14.7 Å². The Morgan fingerprint density at radius 3 is 2.71 bits per heavy atom. The van der Waals surface area contributed by atoms with Gasteiger partial charge in [-0.15, -0.1) is 0 Å². The maximum absolute atomic E-state index is 13.4. The topological polar surface area (TPSA) is 175 Å². The molecule has 11 nitrogen and oxygen atoms in total. The van der Waals surface area contributed by atoms with E-state index in [4.69, 9.17) is 30.1 Å². The van der Waals surface area contributed by atoms with E-state index in [2.05, 4.69) is 10.3 Å². The number of phenolic OH excluding ortho intramolecular Hbond substituents is 1. The highest BCUT2D eigenvalue weighted by Crippen LogP contribution is 2.48. The normalized spacial score (nSPS) is 28.8. The van der Waals surface area contributed by atoms with Crippen LogP contribution >= 0.6 is 0 Å². The number of phenols is 1. The van der Waals surface area contributed by atoms with E-state index in [1.54, 1.807) is 19.9 Å². The lowest BCUT2D eigenvalue weighted by Gasteiger charge is -2.47. The number of carbonyl (C=O) groups is 1. The molecular weight excluding hydrogens is 492 g/mol. The Bertz CT molecular complexity index is 1330. The second-order valence-electron chi connectivity index (χ2n) is 10.9. The number of carbonyl (C=O) groups excluding carboxylic acids is 1. The third-order valence-electron chi connectivity index (χ3n) is 8.21. The lowest BCUT2D eigenvalue weighted by Crippen LogP contribution is -2.58.